The lowest BCUT2D eigenvalue weighted by Crippen LogP contribution is -2.37. The molecule has 5 heteroatoms. The van der Waals surface area contributed by atoms with Gasteiger partial charge in [-0.3, -0.25) is 0 Å². The minimum absolute atomic E-state index is 0.236. The Kier molecular flexibility index (Phi) is 3.49. The molecule has 0 aliphatic carbocycles. The fourth-order valence-electron chi connectivity index (χ4n) is 1.01. The fourth-order valence-corrected chi connectivity index (χ4v) is 1.01. The molecule has 84 valence electrons. The summed E-state index contributed by atoms with van der Waals surface area (Å²) in [6.07, 6.45) is 0. The lowest BCUT2D eigenvalue weighted by atomic mass is 10.1. The minimum atomic E-state index is -1.14. The van der Waals surface area contributed by atoms with Crippen LogP contribution < -0.4 is 11.1 Å². The van der Waals surface area contributed by atoms with E-state index in [0.717, 1.165) is 5.69 Å². The largest absolute Gasteiger partial charge is 0.397 e. The Balaban J connectivity index is 2.62. The molecule has 1 heterocycles. The summed E-state index contributed by atoms with van der Waals surface area (Å²) in [5.74, 6) is 0.635. The van der Waals surface area contributed by atoms with Crippen LogP contribution in [0.15, 0.2) is 12.1 Å². The normalized spacial score (nSPS) is 14.7. The van der Waals surface area contributed by atoms with E-state index in [9.17, 15) is 5.11 Å². The maximum Gasteiger partial charge on any atom is 0.126 e. The SMILES string of the molecule is Cc1nc(NCC(C)(O)CO)ccc1N. The van der Waals surface area contributed by atoms with Gasteiger partial charge in [-0.1, -0.05) is 0 Å². The molecule has 1 rings (SSSR count). The van der Waals surface area contributed by atoms with E-state index >= 15 is 0 Å². The van der Waals surface area contributed by atoms with Gasteiger partial charge in [0.1, 0.15) is 11.4 Å². The fraction of sp³-hybridized carbons (Fsp3) is 0.500. The van der Waals surface area contributed by atoms with Crippen LogP contribution in [0.2, 0.25) is 0 Å². The van der Waals surface area contributed by atoms with Crippen LogP contribution in [0, 0.1) is 6.92 Å². The van der Waals surface area contributed by atoms with Crippen LogP contribution in [-0.2, 0) is 0 Å². The van der Waals surface area contributed by atoms with Gasteiger partial charge in [-0.2, -0.15) is 0 Å². The highest BCUT2D eigenvalue weighted by atomic mass is 16.3. The third-order valence-corrected chi connectivity index (χ3v) is 2.12. The molecule has 0 bridgehead atoms. The van der Waals surface area contributed by atoms with Crippen LogP contribution in [0.5, 0.6) is 0 Å². The molecule has 0 aromatic carbocycles. The van der Waals surface area contributed by atoms with Gasteiger partial charge in [0.05, 0.1) is 18.0 Å². The van der Waals surface area contributed by atoms with Crippen molar-refractivity contribution in [1.82, 2.24) is 4.98 Å². The summed E-state index contributed by atoms with van der Waals surface area (Å²) in [5, 5.41) is 21.3. The Bertz CT molecular complexity index is 339. The van der Waals surface area contributed by atoms with Gasteiger partial charge in [0.15, 0.2) is 0 Å². The Hall–Kier alpha value is -1.33. The van der Waals surface area contributed by atoms with Crippen LogP contribution in [0.4, 0.5) is 11.5 Å². The van der Waals surface area contributed by atoms with Crippen molar-refractivity contribution in [2.75, 3.05) is 24.2 Å². The molecular weight excluding hydrogens is 194 g/mol. The molecule has 0 radical (unpaired) electrons. The number of rotatable bonds is 4. The summed E-state index contributed by atoms with van der Waals surface area (Å²) in [6, 6.07) is 3.48. The third-order valence-electron chi connectivity index (χ3n) is 2.12. The quantitative estimate of drug-likeness (QED) is 0.568. The second kappa shape index (κ2) is 4.46. The molecule has 15 heavy (non-hydrogen) atoms. The number of hydrogen-bond donors (Lipinski definition) is 4. The monoisotopic (exact) mass is 211 g/mol. The van der Waals surface area contributed by atoms with Crippen molar-refractivity contribution >= 4 is 11.5 Å². The third kappa shape index (κ3) is 3.38. The van der Waals surface area contributed by atoms with Crippen molar-refractivity contribution in [3.05, 3.63) is 17.8 Å². The van der Waals surface area contributed by atoms with Crippen LogP contribution in [0.25, 0.3) is 0 Å². The standard InChI is InChI=1S/C10H17N3O2/c1-7-8(11)3-4-9(13-7)12-5-10(2,15)6-14/h3-4,14-15H,5-6,11H2,1-2H3,(H,12,13). The molecule has 0 saturated heterocycles. The van der Waals surface area contributed by atoms with Crippen LogP contribution >= 0.6 is 0 Å². The van der Waals surface area contributed by atoms with Gasteiger partial charge in [-0.15, -0.1) is 0 Å². The number of aliphatic hydroxyl groups is 2. The molecule has 1 aromatic rings. The number of nitrogens with zero attached hydrogens (tertiary/aromatic N) is 1. The average Bonchev–Trinajstić information content (AvgIpc) is 2.20. The molecular formula is C10H17N3O2. The lowest BCUT2D eigenvalue weighted by Gasteiger charge is -2.21. The second-order valence-corrected chi connectivity index (χ2v) is 3.88. The molecule has 5 nitrogen and oxygen atoms in total. The zero-order valence-electron chi connectivity index (χ0n) is 8.99. The maximum absolute atomic E-state index is 9.54. The van der Waals surface area contributed by atoms with Gasteiger partial charge in [-0.25, -0.2) is 4.98 Å². The number of aromatic nitrogens is 1. The summed E-state index contributed by atoms with van der Waals surface area (Å²) >= 11 is 0. The highest BCUT2D eigenvalue weighted by molar-refractivity contribution is 5.49. The number of nitrogens with one attached hydrogen (secondary N) is 1. The van der Waals surface area contributed by atoms with E-state index in [0.29, 0.717) is 11.5 Å². The summed E-state index contributed by atoms with van der Waals surface area (Å²) in [5.41, 5.74) is 5.85. The van der Waals surface area contributed by atoms with Crippen LogP contribution in [-0.4, -0.2) is 33.9 Å². The first-order valence-corrected chi connectivity index (χ1v) is 4.75. The summed E-state index contributed by atoms with van der Waals surface area (Å²) in [6.45, 7) is 3.29. The molecule has 0 aliphatic heterocycles. The zero-order chi connectivity index (χ0) is 11.5. The predicted octanol–water partition coefficient (Wildman–Crippen LogP) is 0.127. The number of anilines is 2. The first kappa shape index (κ1) is 11.7. The van der Waals surface area contributed by atoms with E-state index in [4.69, 9.17) is 10.8 Å². The summed E-state index contributed by atoms with van der Waals surface area (Å²) in [7, 11) is 0. The molecule has 0 spiro atoms. The van der Waals surface area contributed by atoms with E-state index in [2.05, 4.69) is 10.3 Å². The summed E-state index contributed by atoms with van der Waals surface area (Å²) < 4.78 is 0. The van der Waals surface area contributed by atoms with E-state index < -0.39 is 5.60 Å². The minimum Gasteiger partial charge on any atom is -0.397 e. The molecule has 5 N–H and O–H groups in total. The Morgan fingerprint density at radius 1 is 1.53 bits per heavy atom. The molecule has 0 amide bonds. The number of nitrogens with two attached hydrogens (primary N) is 1. The van der Waals surface area contributed by atoms with Crippen molar-refractivity contribution in [3.8, 4) is 0 Å². The zero-order valence-corrected chi connectivity index (χ0v) is 8.99. The van der Waals surface area contributed by atoms with Crippen molar-refractivity contribution < 1.29 is 10.2 Å². The topological polar surface area (TPSA) is 91.4 Å². The number of nitrogen functional groups attached to an aromatic ring is 1. The van der Waals surface area contributed by atoms with Crippen molar-refractivity contribution in [2.24, 2.45) is 0 Å². The number of pyridine rings is 1. The first-order valence-electron chi connectivity index (χ1n) is 4.75. The van der Waals surface area contributed by atoms with E-state index in [1.807, 2.05) is 6.92 Å². The van der Waals surface area contributed by atoms with Gasteiger partial charge < -0.3 is 21.3 Å². The highest BCUT2D eigenvalue weighted by Crippen LogP contribution is 2.12. The lowest BCUT2D eigenvalue weighted by molar-refractivity contribution is 0.0131. The highest BCUT2D eigenvalue weighted by Gasteiger charge is 2.18. The number of hydrogen-bond acceptors (Lipinski definition) is 5. The maximum atomic E-state index is 9.54. The van der Waals surface area contributed by atoms with E-state index in [1.165, 1.54) is 0 Å². The molecule has 1 atom stereocenters. The van der Waals surface area contributed by atoms with Gasteiger partial charge in [0, 0.05) is 6.54 Å². The van der Waals surface area contributed by atoms with Gasteiger partial charge in [-0.05, 0) is 26.0 Å². The number of aliphatic hydroxyl groups excluding tert-OH is 1. The summed E-state index contributed by atoms with van der Waals surface area (Å²) in [4.78, 5) is 4.18. The van der Waals surface area contributed by atoms with Gasteiger partial charge in [0.2, 0.25) is 0 Å². The molecule has 1 unspecified atom stereocenters. The van der Waals surface area contributed by atoms with Crippen LogP contribution in [0.3, 0.4) is 0 Å². The number of aryl methyl sites for hydroxylation is 1. The van der Waals surface area contributed by atoms with E-state index in [-0.39, 0.29) is 13.2 Å². The molecule has 0 aliphatic rings. The average molecular weight is 211 g/mol. The van der Waals surface area contributed by atoms with E-state index in [1.54, 1.807) is 19.1 Å². The molecule has 0 saturated carbocycles. The Morgan fingerprint density at radius 2 is 2.20 bits per heavy atom. The van der Waals surface area contributed by atoms with Crippen LogP contribution in [0.1, 0.15) is 12.6 Å². The van der Waals surface area contributed by atoms with Crippen molar-refractivity contribution in [2.45, 2.75) is 19.4 Å². The molecule has 0 fully saturated rings. The predicted molar refractivity (Wildman–Crippen MR) is 59.6 cm³/mol. The first-order chi connectivity index (χ1) is 6.94. The van der Waals surface area contributed by atoms with Crippen molar-refractivity contribution in [3.63, 3.8) is 0 Å². The molecule has 1 aromatic heterocycles. The van der Waals surface area contributed by atoms with Gasteiger partial charge in [0.25, 0.3) is 0 Å². The van der Waals surface area contributed by atoms with Crippen molar-refractivity contribution in [1.29, 1.82) is 0 Å². The smallest absolute Gasteiger partial charge is 0.126 e. The Labute approximate surface area is 89.0 Å². The second-order valence-electron chi connectivity index (χ2n) is 3.88. The Morgan fingerprint density at radius 3 is 2.73 bits per heavy atom. The van der Waals surface area contributed by atoms with Gasteiger partial charge >= 0.3 is 0 Å².